The van der Waals surface area contributed by atoms with Crippen molar-refractivity contribution in [2.75, 3.05) is 32.6 Å². The van der Waals surface area contributed by atoms with Crippen molar-refractivity contribution in [2.24, 2.45) is 5.92 Å². The molecular formula is C26H29ClN6O4. The summed E-state index contributed by atoms with van der Waals surface area (Å²) in [7, 11) is 3.11. The molecule has 1 amide bonds. The molecule has 37 heavy (non-hydrogen) atoms. The summed E-state index contributed by atoms with van der Waals surface area (Å²) in [6.07, 6.45) is 3.79. The van der Waals surface area contributed by atoms with Crippen LogP contribution in [0.15, 0.2) is 36.5 Å². The highest BCUT2D eigenvalue weighted by molar-refractivity contribution is 6.31. The molecule has 1 atom stereocenters. The second-order valence-electron chi connectivity index (χ2n) is 8.96. The van der Waals surface area contributed by atoms with Gasteiger partial charge in [-0.05, 0) is 57.0 Å². The molecular weight excluding hydrogens is 496 g/mol. The molecule has 1 unspecified atom stereocenters. The summed E-state index contributed by atoms with van der Waals surface area (Å²) in [6, 6.07) is 8.58. The van der Waals surface area contributed by atoms with Crippen molar-refractivity contribution < 1.29 is 19.0 Å². The Balaban J connectivity index is 1.41. The number of hydrogen-bond acceptors (Lipinski definition) is 7. The third kappa shape index (κ3) is 5.21. The van der Waals surface area contributed by atoms with Crippen LogP contribution in [0.3, 0.4) is 0 Å². The molecule has 11 heteroatoms. The van der Waals surface area contributed by atoms with Crippen molar-refractivity contribution in [3.8, 4) is 28.8 Å². The summed E-state index contributed by atoms with van der Waals surface area (Å²) in [5.41, 5.74) is 2.66. The summed E-state index contributed by atoms with van der Waals surface area (Å²) in [5.74, 6) is 2.24. The van der Waals surface area contributed by atoms with E-state index in [9.17, 15) is 4.79 Å². The Morgan fingerprint density at radius 3 is 2.65 bits per heavy atom. The molecule has 0 bridgehead atoms. The topological polar surface area (TPSA) is 126 Å². The van der Waals surface area contributed by atoms with Crippen LogP contribution in [0.1, 0.15) is 30.1 Å². The molecule has 4 N–H and O–H groups in total. The summed E-state index contributed by atoms with van der Waals surface area (Å²) >= 11 is 6.09. The number of nitrogens with one attached hydrogen (secondary N) is 4. The molecule has 0 radical (unpaired) electrons. The van der Waals surface area contributed by atoms with Gasteiger partial charge in [0.2, 0.25) is 0 Å². The molecule has 1 saturated heterocycles. The number of carbonyl (C=O) groups is 1. The van der Waals surface area contributed by atoms with Gasteiger partial charge >= 0.3 is 0 Å². The van der Waals surface area contributed by atoms with Gasteiger partial charge in [0.05, 0.1) is 42.6 Å². The lowest BCUT2D eigenvalue weighted by Crippen LogP contribution is -2.35. The standard InChI is InChI=1S/C26H29ClN6O4/c1-14(15-6-8-28-9-7-15)37-23-12-19-18(11-22(23)36-3)30-25(31-19)24-20(13-29-33-24)32-26(34)17-10-16(27)4-5-21(17)35-2/h4-5,10-15,28H,6-9H2,1-3H3,(H,29,33)(H,30,31)(H,32,34). The number of amides is 1. The molecule has 1 aliphatic heterocycles. The minimum atomic E-state index is -0.387. The first-order chi connectivity index (χ1) is 18.0. The number of hydrogen-bond donors (Lipinski definition) is 4. The van der Waals surface area contributed by atoms with Crippen molar-refractivity contribution in [1.82, 2.24) is 25.5 Å². The molecule has 2 aromatic heterocycles. The molecule has 194 valence electrons. The maximum absolute atomic E-state index is 13.0. The number of aromatic nitrogens is 4. The molecule has 2 aromatic carbocycles. The fraction of sp³-hybridized carbons (Fsp3) is 0.346. The fourth-order valence-electron chi connectivity index (χ4n) is 4.60. The molecule has 3 heterocycles. The average Bonchev–Trinajstić information content (AvgIpc) is 3.54. The second-order valence-corrected chi connectivity index (χ2v) is 9.40. The van der Waals surface area contributed by atoms with Crippen LogP contribution in [0.4, 0.5) is 5.69 Å². The zero-order valence-electron chi connectivity index (χ0n) is 20.9. The molecule has 0 spiro atoms. The van der Waals surface area contributed by atoms with Gasteiger partial charge < -0.3 is 29.8 Å². The van der Waals surface area contributed by atoms with E-state index in [4.69, 9.17) is 30.8 Å². The highest BCUT2D eigenvalue weighted by atomic mass is 35.5. The van der Waals surface area contributed by atoms with Crippen LogP contribution in [0, 0.1) is 5.92 Å². The number of imidazole rings is 1. The number of anilines is 1. The van der Waals surface area contributed by atoms with Crippen LogP contribution in [-0.2, 0) is 0 Å². The molecule has 10 nitrogen and oxygen atoms in total. The van der Waals surface area contributed by atoms with Gasteiger partial charge in [-0.1, -0.05) is 11.6 Å². The van der Waals surface area contributed by atoms with Gasteiger partial charge in [0.15, 0.2) is 23.0 Å². The summed E-state index contributed by atoms with van der Waals surface area (Å²) < 4.78 is 17.3. The van der Waals surface area contributed by atoms with Crippen LogP contribution in [-0.4, -0.2) is 59.5 Å². The molecule has 5 rings (SSSR count). The van der Waals surface area contributed by atoms with Gasteiger partial charge in [-0.25, -0.2) is 4.98 Å². The van der Waals surface area contributed by atoms with E-state index < -0.39 is 0 Å². The Morgan fingerprint density at radius 1 is 1.11 bits per heavy atom. The van der Waals surface area contributed by atoms with E-state index in [1.165, 1.54) is 7.11 Å². The first kappa shape index (κ1) is 24.9. The zero-order chi connectivity index (χ0) is 25.9. The van der Waals surface area contributed by atoms with E-state index in [1.807, 2.05) is 12.1 Å². The number of aromatic amines is 2. The van der Waals surface area contributed by atoms with Crippen molar-refractivity contribution in [1.29, 1.82) is 0 Å². The minimum Gasteiger partial charge on any atom is -0.496 e. The lowest BCUT2D eigenvalue weighted by Gasteiger charge is -2.29. The number of fused-ring (bicyclic) bond motifs is 1. The third-order valence-electron chi connectivity index (χ3n) is 6.65. The number of methoxy groups -OCH3 is 2. The van der Waals surface area contributed by atoms with Crippen LogP contribution >= 0.6 is 11.6 Å². The maximum Gasteiger partial charge on any atom is 0.259 e. The van der Waals surface area contributed by atoms with E-state index in [1.54, 1.807) is 31.5 Å². The number of benzene rings is 2. The number of piperidine rings is 1. The van der Waals surface area contributed by atoms with Gasteiger partial charge in [0.1, 0.15) is 5.75 Å². The van der Waals surface area contributed by atoms with Crippen molar-refractivity contribution in [3.05, 3.63) is 47.1 Å². The van der Waals surface area contributed by atoms with Crippen LogP contribution in [0.2, 0.25) is 5.02 Å². The van der Waals surface area contributed by atoms with Crippen LogP contribution < -0.4 is 24.8 Å². The lowest BCUT2D eigenvalue weighted by atomic mass is 9.93. The van der Waals surface area contributed by atoms with Crippen LogP contribution in [0.25, 0.3) is 22.6 Å². The predicted octanol–water partition coefficient (Wildman–Crippen LogP) is 4.64. The molecule has 1 aliphatic rings. The van der Waals surface area contributed by atoms with E-state index in [2.05, 4.69) is 32.7 Å². The highest BCUT2D eigenvalue weighted by Gasteiger charge is 2.24. The highest BCUT2D eigenvalue weighted by Crippen LogP contribution is 2.36. The Kier molecular flexibility index (Phi) is 7.20. The fourth-order valence-corrected chi connectivity index (χ4v) is 4.78. The van der Waals surface area contributed by atoms with E-state index in [0.29, 0.717) is 56.5 Å². The van der Waals surface area contributed by atoms with Crippen molar-refractivity contribution in [2.45, 2.75) is 25.9 Å². The Bertz CT molecular complexity index is 1410. The normalized spacial score (nSPS) is 14.9. The number of ether oxygens (including phenoxy) is 3. The molecule has 4 aromatic rings. The van der Waals surface area contributed by atoms with Gasteiger partial charge in [-0.2, -0.15) is 5.10 Å². The van der Waals surface area contributed by atoms with Gasteiger partial charge in [-0.15, -0.1) is 0 Å². The second kappa shape index (κ2) is 10.7. The molecule has 0 saturated carbocycles. The number of carbonyl (C=O) groups excluding carboxylic acids is 1. The largest absolute Gasteiger partial charge is 0.496 e. The monoisotopic (exact) mass is 524 g/mol. The van der Waals surface area contributed by atoms with Crippen molar-refractivity contribution in [3.63, 3.8) is 0 Å². The lowest BCUT2D eigenvalue weighted by molar-refractivity contribution is 0.102. The first-order valence-electron chi connectivity index (χ1n) is 12.1. The number of halogens is 1. The Labute approximate surface area is 219 Å². The quantitative estimate of drug-likeness (QED) is 0.264. The number of rotatable bonds is 8. The maximum atomic E-state index is 13.0. The Hall–Kier alpha value is -3.76. The minimum absolute atomic E-state index is 0.0449. The van der Waals surface area contributed by atoms with E-state index >= 15 is 0 Å². The summed E-state index contributed by atoms with van der Waals surface area (Å²) in [5, 5.41) is 13.8. The predicted molar refractivity (Wildman–Crippen MR) is 142 cm³/mol. The van der Waals surface area contributed by atoms with Gasteiger partial charge in [0.25, 0.3) is 5.91 Å². The molecule has 1 fully saturated rings. The summed E-state index contributed by atoms with van der Waals surface area (Å²) in [4.78, 5) is 21.0. The average molecular weight is 525 g/mol. The SMILES string of the molecule is COc1cc2[nH]c(-c3n[nH]cc3NC(=O)c3cc(Cl)ccc3OC)nc2cc1OC(C)C1CCNCC1. The van der Waals surface area contributed by atoms with Crippen molar-refractivity contribution >= 4 is 34.2 Å². The third-order valence-corrected chi connectivity index (χ3v) is 6.88. The van der Waals surface area contributed by atoms with E-state index in [0.717, 1.165) is 31.4 Å². The van der Waals surface area contributed by atoms with E-state index in [-0.39, 0.29) is 12.0 Å². The number of H-pyrrole nitrogens is 2. The number of nitrogens with zero attached hydrogens (tertiary/aromatic N) is 2. The smallest absolute Gasteiger partial charge is 0.259 e. The summed E-state index contributed by atoms with van der Waals surface area (Å²) in [6.45, 7) is 4.11. The zero-order valence-corrected chi connectivity index (χ0v) is 21.6. The van der Waals surface area contributed by atoms with Gasteiger partial charge in [-0.3, -0.25) is 9.89 Å². The van der Waals surface area contributed by atoms with Crippen LogP contribution in [0.5, 0.6) is 17.2 Å². The van der Waals surface area contributed by atoms with Gasteiger partial charge in [0, 0.05) is 23.4 Å². The first-order valence-corrected chi connectivity index (χ1v) is 12.5. The Morgan fingerprint density at radius 2 is 1.89 bits per heavy atom. The molecule has 0 aliphatic carbocycles.